The number of benzene rings is 2. The molecule has 0 aliphatic carbocycles. The Bertz CT molecular complexity index is 523. The number of halogens is 1. The van der Waals surface area contributed by atoms with Gasteiger partial charge in [0.15, 0.2) is 0 Å². The summed E-state index contributed by atoms with van der Waals surface area (Å²) >= 11 is 2.31. The van der Waals surface area contributed by atoms with Gasteiger partial charge in [0.25, 0.3) is 0 Å². The Balaban J connectivity index is 2.04. The molecule has 3 heteroatoms. The Morgan fingerprint density at radius 2 is 1.83 bits per heavy atom. The molecule has 2 aromatic carbocycles. The van der Waals surface area contributed by atoms with E-state index in [0.717, 1.165) is 18.0 Å². The molecule has 0 fully saturated rings. The summed E-state index contributed by atoms with van der Waals surface area (Å²) in [7, 11) is 1.69. The summed E-state index contributed by atoms with van der Waals surface area (Å²) < 4.78 is 6.36. The summed E-state index contributed by atoms with van der Waals surface area (Å²) in [6.45, 7) is 2.94. The zero-order valence-corrected chi connectivity index (χ0v) is 12.7. The largest absolute Gasteiger partial charge is 0.497 e. The van der Waals surface area contributed by atoms with Crippen LogP contribution in [0.1, 0.15) is 11.1 Å². The minimum absolute atomic E-state index is 0.836. The van der Waals surface area contributed by atoms with Gasteiger partial charge in [-0.2, -0.15) is 0 Å². The van der Waals surface area contributed by atoms with Crippen LogP contribution in [-0.2, 0) is 6.54 Å². The Hall–Kier alpha value is -1.23. The molecule has 0 spiro atoms. The fraction of sp³-hybridized carbons (Fsp3) is 0.200. The Morgan fingerprint density at radius 1 is 1.11 bits per heavy atom. The molecule has 18 heavy (non-hydrogen) atoms. The highest BCUT2D eigenvalue weighted by atomic mass is 127. The van der Waals surface area contributed by atoms with Gasteiger partial charge in [-0.15, -0.1) is 0 Å². The quantitative estimate of drug-likeness (QED) is 0.831. The maximum Gasteiger partial charge on any atom is 0.120 e. The topological polar surface area (TPSA) is 21.3 Å². The van der Waals surface area contributed by atoms with Crippen molar-refractivity contribution in [1.82, 2.24) is 0 Å². The van der Waals surface area contributed by atoms with E-state index in [4.69, 9.17) is 4.74 Å². The van der Waals surface area contributed by atoms with Gasteiger partial charge in [-0.1, -0.05) is 29.8 Å². The number of anilines is 1. The average Bonchev–Trinajstić information content (AvgIpc) is 2.39. The molecule has 0 heterocycles. The molecule has 94 valence electrons. The van der Waals surface area contributed by atoms with Crippen molar-refractivity contribution in [2.75, 3.05) is 12.4 Å². The number of hydrogen-bond acceptors (Lipinski definition) is 2. The molecule has 0 unspecified atom stereocenters. The summed E-state index contributed by atoms with van der Waals surface area (Å²) in [5, 5.41) is 3.44. The molecule has 0 saturated heterocycles. The predicted octanol–water partition coefficient (Wildman–Crippen LogP) is 4.22. The van der Waals surface area contributed by atoms with Crippen LogP contribution in [0.5, 0.6) is 5.75 Å². The molecule has 0 saturated carbocycles. The van der Waals surface area contributed by atoms with Crippen LogP contribution in [0.3, 0.4) is 0 Å². The van der Waals surface area contributed by atoms with E-state index >= 15 is 0 Å². The fourth-order valence-corrected chi connectivity index (χ4v) is 2.35. The minimum atomic E-state index is 0.836. The van der Waals surface area contributed by atoms with Gasteiger partial charge in [0, 0.05) is 15.8 Å². The van der Waals surface area contributed by atoms with Crippen molar-refractivity contribution in [2.24, 2.45) is 0 Å². The zero-order valence-electron chi connectivity index (χ0n) is 10.5. The van der Waals surface area contributed by atoms with Gasteiger partial charge in [-0.3, -0.25) is 0 Å². The first-order valence-corrected chi connectivity index (χ1v) is 6.90. The second-order valence-corrected chi connectivity index (χ2v) is 5.35. The molecular weight excluding hydrogens is 337 g/mol. The third kappa shape index (κ3) is 3.38. The standard InChI is InChI=1S/C15H16INO/c1-11-3-5-12(6-4-11)10-17-15-8-7-13(18-2)9-14(15)16/h3-9,17H,10H2,1-2H3. The molecule has 0 aliphatic rings. The highest BCUT2D eigenvalue weighted by molar-refractivity contribution is 14.1. The maximum absolute atomic E-state index is 5.19. The number of hydrogen-bond donors (Lipinski definition) is 1. The second-order valence-electron chi connectivity index (χ2n) is 4.18. The lowest BCUT2D eigenvalue weighted by molar-refractivity contribution is 0.414. The lowest BCUT2D eigenvalue weighted by atomic mass is 10.1. The smallest absolute Gasteiger partial charge is 0.120 e. The summed E-state index contributed by atoms with van der Waals surface area (Å²) in [6, 6.07) is 14.6. The van der Waals surface area contributed by atoms with Gasteiger partial charge in [0.2, 0.25) is 0 Å². The maximum atomic E-state index is 5.19. The van der Waals surface area contributed by atoms with E-state index in [0.29, 0.717) is 0 Å². The summed E-state index contributed by atoms with van der Waals surface area (Å²) in [4.78, 5) is 0. The highest BCUT2D eigenvalue weighted by Gasteiger charge is 2.01. The van der Waals surface area contributed by atoms with Crippen molar-refractivity contribution in [1.29, 1.82) is 0 Å². The van der Waals surface area contributed by atoms with Crippen LogP contribution in [0.4, 0.5) is 5.69 Å². The van der Waals surface area contributed by atoms with Crippen LogP contribution in [-0.4, -0.2) is 7.11 Å². The van der Waals surface area contributed by atoms with Gasteiger partial charge < -0.3 is 10.1 Å². The first kappa shape index (κ1) is 13.2. The van der Waals surface area contributed by atoms with Gasteiger partial charge >= 0.3 is 0 Å². The fourth-order valence-electron chi connectivity index (χ4n) is 1.67. The van der Waals surface area contributed by atoms with Crippen molar-refractivity contribution in [3.8, 4) is 5.75 Å². The number of methoxy groups -OCH3 is 1. The molecule has 0 amide bonds. The highest BCUT2D eigenvalue weighted by Crippen LogP contribution is 2.24. The van der Waals surface area contributed by atoms with E-state index in [2.05, 4.69) is 65.2 Å². The lowest BCUT2D eigenvalue weighted by Crippen LogP contribution is -2.01. The van der Waals surface area contributed by atoms with Crippen LogP contribution in [0.15, 0.2) is 42.5 Å². The normalized spacial score (nSPS) is 10.2. The van der Waals surface area contributed by atoms with Crippen LogP contribution >= 0.6 is 22.6 Å². The van der Waals surface area contributed by atoms with Crippen molar-refractivity contribution >= 4 is 28.3 Å². The number of nitrogens with one attached hydrogen (secondary N) is 1. The number of aryl methyl sites for hydroxylation is 1. The first-order chi connectivity index (χ1) is 8.69. The monoisotopic (exact) mass is 353 g/mol. The molecule has 0 aromatic heterocycles. The zero-order chi connectivity index (χ0) is 13.0. The van der Waals surface area contributed by atoms with Crippen LogP contribution in [0, 0.1) is 10.5 Å². The molecule has 2 rings (SSSR count). The SMILES string of the molecule is COc1ccc(NCc2ccc(C)cc2)c(I)c1. The predicted molar refractivity (Wildman–Crippen MR) is 84.2 cm³/mol. The van der Waals surface area contributed by atoms with E-state index in [1.165, 1.54) is 14.7 Å². The van der Waals surface area contributed by atoms with Gasteiger partial charge in [-0.05, 0) is 53.3 Å². The van der Waals surface area contributed by atoms with Crippen LogP contribution in [0.25, 0.3) is 0 Å². The van der Waals surface area contributed by atoms with Gasteiger partial charge in [0.1, 0.15) is 5.75 Å². The van der Waals surface area contributed by atoms with Gasteiger partial charge in [-0.25, -0.2) is 0 Å². The van der Waals surface area contributed by atoms with Crippen LogP contribution < -0.4 is 10.1 Å². The molecule has 0 radical (unpaired) electrons. The van der Waals surface area contributed by atoms with Crippen LogP contribution in [0.2, 0.25) is 0 Å². The third-order valence-electron chi connectivity index (χ3n) is 2.78. The van der Waals surface area contributed by atoms with E-state index < -0.39 is 0 Å². The summed E-state index contributed by atoms with van der Waals surface area (Å²) in [5.74, 6) is 0.889. The van der Waals surface area contributed by atoms with E-state index in [1.54, 1.807) is 7.11 Å². The van der Waals surface area contributed by atoms with E-state index in [1.807, 2.05) is 12.1 Å². The Labute approximate surface area is 122 Å². The molecule has 0 atom stereocenters. The molecule has 1 N–H and O–H groups in total. The Morgan fingerprint density at radius 3 is 2.44 bits per heavy atom. The average molecular weight is 353 g/mol. The molecule has 0 aliphatic heterocycles. The van der Waals surface area contributed by atoms with Crippen molar-refractivity contribution in [3.63, 3.8) is 0 Å². The number of ether oxygens (including phenoxy) is 1. The summed E-state index contributed by atoms with van der Waals surface area (Å²) in [5.41, 5.74) is 3.71. The van der Waals surface area contributed by atoms with E-state index in [9.17, 15) is 0 Å². The van der Waals surface area contributed by atoms with E-state index in [-0.39, 0.29) is 0 Å². The molecule has 2 aromatic rings. The van der Waals surface area contributed by atoms with Crippen molar-refractivity contribution in [2.45, 2.75) is 13.5 Å². The van der Waals surface area contributed by atoms with Crippen molar-refractivity contribution in [3.05, 3.63) is 57.2 Å². The van der Waals surface area contributed by atoms with Gasteiger partial charge in [0.05, 0.1) is 7.11 Å². The second kappa shape index (κ2) is 6.09. The Kier molecular flexibility index (Phi) is 4.47. The molecule has 2 nitrogen and oxygen atoms in total. The third-order valence-corrected chi connectivity index (χ3v) is 3.67. The summed E-state index contributed by atoms with van der Waals surface area (Å²) in [6.07, 6.45) is 0. The first-order valence-electron chi connectivity index (χ1n) is 5.82. The lowest BCUT2D eigenvalue weighted by Gasteiger charge is -2.10. The minimum Gasteiger partial charge on any atom is -0.497 e. The van der Waals surface area contributed by atoms with Crippen molar-refractivity contribution < 1.29 is 4.74 Å². The number of rotatable bonds is 4. The molecule has 0 bridgehead atoms. The molecular formula is C15H16INO.